The van der Waals surface area contributed by atoms with Crippen LogP contribution in [0.2, 0.25) is 5.02 Å². The number of halogens is 1. The molecule has 144 valence electrons. The van der Waals surface area contributed by atoms with Crippen LogP contribution in [0.15, 0.2) is 48.5 Å². The minimum Gasteiger partial charge on any atom is -0.332 e. The molecule has 10 heteroatoms. The molecular weight excluding hydrogens is 404 g/mol. The van der Waals surface area contributed by atoms with Crippen molar-refractivity contribution in [2.24, 2.45) is 0 Å². The van der Waals surface area contributed by atoms with Crippen molar-refractivity contribution in [1.82, 2.24) is 5.32 Å². The van der Waals surface area contributed by atoms with E-state index >= 15 is 0 Å². The smallest absolute Gasteiger partial charge is 0.288 e. The fourth-order valence-electron chi connectivity index (χ4n) is 2.09. The summed E-state index contributed by atoms with van der Waals surface area (Å²) in [5, 5.41) is 19.0. The normalized spacial score (nSPS) is 10.4. The molecular formula is C18H15ClN4O4S. The maximum atomic E-state index is 12.0. The van der Waals surface area contributed by atoms with Gasteiger partial charge in [0.05, 0.1) is 4.92 Å². The van der Waals surface area contributed by atoms with E-state index in [0.29, 0.717) is 16.9 Å². The zero-order chi connectivity index (χ0) is 20.7. The highest BCUT2D eigenvalue weighted by atomic mass is 35.5. The summed E-state index contributed by atoms with van der Waals surface area (Å²) in [7, 11) is 0. The Morgan fingerprint density at radius 1 is 1.11 bits per heavy atom. The first-order valence-corrected chi connectivity index (χ1v) is 8.65. The van der Waals surface area contributed by atoms with Gasteiger partial charge in [0, 0.05) is 30.4 Å². The van der Waals surface area contributed by atoms with E-state index in [0.717, 1.165) is 0 Å². The van der Waals surface area contributed by atoms with Gasteiger partial charge in [-0.3, -0.25) is 19.7 Å². The lowest BCUT2D eigenvalue weighted by atomic mass is 10.2. The monoisotopic (exact) mass is 418 g/mol. The van der Waals surface area contributed by atoms with Crippen LogP contribution in [0.25, 0.3) is 6.08 Å². The summed E-state index contributed by atoms with van der Waals surface area (Å²) in [4.78, 5) is 33.2. The largest absolute Gasteiger partial charge is 0.332 e. The van der Waals surface area contributed by atoms with E-state index in [1.54, 1.807) is 30.3 Å². The molecule has 2 rings (SSSR count). The molecule has 0 radical (unpaired) electrons. The molecule has 0 saturated carbocycles. The molecule has 0 bridgehead atoms. The average molecular weight is 419 g/mol. The lowest BCUT2D eigenvalue weighted by Gasteiger charge is -2.09. The van der Waals surface area contributed by atoms with Crippen molar-refractivity contribution >= 4 is 63.9 Å². The number of benzene rings is 2. The van der Waals surface area contributed by atoms with Gasteiger partial charge in [0.15, 0.2) is 5.11 Å². The lowest BCUT2D eigenvalue weighted by Crippen LogP contribution is -2.32. The Bertz CT molecular complexity index is 961. The predicted octanol–water partition coefficient (Wildman–Crippen LogP) is 3.73. The number of anilines is 2. The van der Waals surface area contributed by atoms with Gasteiger partial charge in [0.2, 0.25) is 11.8 Å². The van der Waals surface area contributed by atoms with Crippen LogP contribution in [-0.4, -0.2) is 21.9 Å². The number of nitrogens with zero attached hydrogens (tertiary/aromatic N) is 1. The van der Waals surface area contributed by atoms with E-state index < -0.39 is 10.8 Å². The van der Waals surface area contributed by atoms with Gasteiger partial charge in [-0.15, -0.1) is 0 Å². The Labute approximate surface area is 170 Å². The van der Waals surface area contributed by atoms with Crippen LogP contribution in [0.5, 0.6) is 0 Å². The third kappa shape index (κ3) is 6.45. The fourth-order valence-corrected chi connectivity index (χ4v) is 2.54. The summed E-state index contributed by atoms with van der Waals surface area (Å²) in [6, 6.07) is 10.9. The van der Waals surface area contributed by atoms with Gasteiger partial charge >= 0.3 is 0 Å². The SMILES string of the molecule is CC(=O)NC(=S)Nc1ccc(NC(=O)C=Cc2ccc(Cl)c([N+](=O)[O-])c2)cc1. The molecule has 0 aliphatic carbocycles. The average Bonchev–Trinajstić information content (AvgIpc) is 2.61. The second-order valence-electron chi connectivity index (χ2n) is 5.50. The van der Waals surface area contributed by atoms with Crippen LogP contribution in [0.3, 0.4) is 0 Å². The molecule has 0 aliphatic heterocycles. The molecule has 0 saturated heterocycles. The highest BCUT2D eigenvalue weighted by Crippen LogP contribution is 2.25. The van der Waals surface area contributed by atoms with E-state index in [9.17, 15) is 19.7 Å². The van der Waals surface area contributed by atoms with Gasteiger partial charge in [-0.05, 0) is 54.2 Å². The van der Waals surface area contributed by atoms with E-state index in [1.807, 2.05) is 0 Å². The van der Waals surface area contributed by atoms with Crippen molar-refractivity contribution in [3.63, 3.8) is 0 Å². The number of thiocarbonyl (C=S) groups is 1. The van der Waals surface area contributed by atoms with Crippen LogP contribution in [0.4, 0.5) is 17.1 Å². The molecule has 0 aromatic heterocycles. The first-order chi connectivity index (χ1) is 13.2. The second kappa shape index (κ2) is 9.58. The fraction of sp³-hybridized carbons (Fsp3) is 0.0556. The number of nitro benzene ring substituents is 1. The van der Waals surface area contributed by atoms with Crippen molar-refractivity contribution in [3.8, 4) is 0 Å². The van der Waals surface area contributed by atoms with E-state index in [1.165, 1.54) is 31.2 Å². The van der Waals surface area contributed by atoms with Crippen molar-refractivity contribution in [2.45, 2.75) is 6.92 Å². The van der Waals surface area contributed by atoms with Crippen molar-refractivity contribution in [1.29, 1.82) is 0 Å². The van der Waals surface area contributed by atoms with Crippen LogP contribution in [0.1, 0.15) is 12.5 Å². The molecule has 0 atom stereocenters. The van der Waals surface area contributed by atoms with Gasteiger partial charge in [0.1, 0.15) is 5.02 Å². The third-order valence-corrected chi connectivity index (χ3v) is 3.82. The Hall–Kier alpha value is -3.30. The predicted molar refractivity (Wildman–Crippen MR) is 112 cm³/mol. The minimum absolute atomic E-state index is 0.0262. The Morgan fingerprint density at radius 3 is 2.29 bits per heavy atom. The summed E-state index contributed by atoms with van der Waals surface area (Å²) in [6.45, 7) is 1.35. The number of nitrogens with one attached hydrogen (secondary N) is 3. The molecule has 28 heavy (non-hydrogen) atoms. The van der Waals surface area contributed by atoms with Crippen molar-refractivity contribution < 1.29 is 14.5 Å². The quantitative estimate of drug-likeness (QED) is 0.295. The summed E-state index contributed by atoms with van der Waals surface area (Å²) in [5.74, 6) is -0.689. The van der Waals surface area contributed by atoms with Crippen LogP contribution >= 0.6 is 23.8 Å². The molecule has 0 unspecified atom stereocenters. The molecule has 0 heterocycles. The van der Waals surface area contributed by atoms with Gasteiger partial charge in [-0.25, -0.2) is 0 Å². The van der Waals surface area contributed by atoms with Gasteiger partial charge in [-0.2, -0.15) is 0 Å². The number of carbonyl (C=O) groups is 2. The summed E-state index contributed by atoms with van der Waals surface area (Å²) >= 11 is 10.7. The van der Waals surface area contributed by atoms with Gasteiger partial charge in [-0.1, -0.05) is 17.7 Å². The Morgan fingerprint density at radius 2 is 1.71 bits per heavy atom. The van der Waals surface area contributed by atoms with E-state index in [-0.39, 0.29) is 21.7 Å². The van der Waals surface area contributed by atoms with Crippen LogP contribution < -0.4 is 16.0 Å². The molecule has 0 fully saturated rings. The molecule has 2 aromatic rings. The summed E-state index contributed by atoms with van der Waals surface area (Å²) < 4.78 is 0. The minimum atomic E-state index is -0.590. The molecule has 0 aliphatic rings. The maximum Gasteiger partial charge on any atom is 0.288 e. The van der Waals surface area contributed by atoms with Crippen molar-refractivity contribution in [2.75, 3.05) is 10.6 Å². The van der Waals surface area contributed by atoms with Crippen molar-refractivity contribution in [3.05, 3.63) is 69.2 Å². The topological polar surface area (TPSA) is 113 Å². The highest BCUT2D eigenvalue weighted by Gasteiger charge is 2.11. The molecule has 3 N–H and O–H groups in total. The molecule has 0 spiro atoms. The lowest BCUT2D eigenvalue weighted by molar-refractivity contribution is -0.384. The Kier molecular flexibility index (Phi) is 7.19. The maximum absolute atomic E-state index is 12.0. The zero-order valence-corrected chi connectivity index (χ0v) is 16.1. The number of hydrogen-bond donors (Lipinski definition) is 3. The summed E-state index contributed by atoms with van der Waals surface area (Å²) in [6.07, 6.45) is 2.70. The highest BCUT2D eigenvalue weighted by molar-refractivity contribution is 7.80. The van der Waals surface area contributed by atoms with Gasteiger partial charge in [0.25, 0.3) is 5.69 Å². The number of nitro groups is 1. The Balaban J connectivity index is 1.97. The molecule has 2 amide bonds. The zero-order valence-electron chi connectivity index (χ0n) is 14.6. The third-order valence-electron chi connectivity index (χ3n) is 3.29. The number of rotatable bonds is 5. The molecule has 2 aromatic carbocycles. The summed E-state index contributed by atoms with van der Waals surface area (Å²) in [5.41, 5.74) is 1.41. The van der Waals surface area contributed by atoms with E-state index in [2.05, 4.69) is 16.0 Å². The van der Waals surface area contributed by atoms with Crippen LogP contribution in [-0.2, 0) is 9.59 Å². The van der Waals surface area contributed by atoms with E-state index in [4.69, 9.17) is 23.8 Å². The first kappa shape index (κ1) is 21.0. The van der Waals surface area contributed by atoms with Crippen LogP contribution in [0, 0.1) is 10.1 Å². The number of amides is 2. The number of carbonyl (C=O) groups excluding carboxylic acids is 2. The standard InChI is InChI=1S/C18H15ClN4O4S/c1-11(24)20-18(28)22-14-6-4-13(5-7-14)21-17(25)9-3-12-2-8-15(19)16(10-12)23(26)27/h2-10H,1H3,(H,21,25)(H2,20,22,24,28). The number of hydrogen-bond acceptors (Lipinski definition) is 5. The molecule has 8 nitrogen and oxygen atoms in total. The second-order valence-corrected chi connectivity index (χ2v) is 6.32. The van der Waals surface area contributed by atoms with Gasteiger partial charge < -0.3 is 16.0 Å². The first-order valence-electron chi connectivity index (χ1n) is 7.86.